The molecule has 6 nitrogen and oxygen atoms in total. The summed E-state index contributed by atoms with van der Waals surface area (Å²) in [4.78, 5) is 17.4. The molecule has 44 heavy (non-hydrogen) atoms. The van der Waals surface area contributed by atoms with E-state index in [1.54, 1.807) is 38.3 Å². The third-order valence-electron chi connectivity index (χ3n) is 7.96. The number of benzene rings is 2. The van der Waals surface area contributed by atoms with Crippen molar-refractivity contribution in [3.8, 4) is 16.9 Å². The number of imidazole rings is 1. The van der Waals surface area contributed by atoms with Crippen LogP contribution in [0.2, 0.25) is 0 Å². The molecular formula is C35H33F3N2O4. The zero-order valence-corrected chi connectivity index (χ0v) is 24.9. The first-order chi connectivity index (χ1) is 20.9. The Balaban J connectivity index is 1.55. The fourth-order valence-electron chi connectivity index (χ4n) is 5.97. The lowest BCUT2D eigenvalue weighted by Crippen LogP contribution is -2.33. The van der Waals surface area contributed by atoms with Crippen LogP contribution < -0.4 is 4.74 Å². The Hall–Kier alpha value is -4.37. The second-order valence-electron chi connectivity index (χ2n) is 12.3. The summed E-state index contributed by atoms with van der Waals surface area (Å²) in [6.45, 7) is 7.70. The van der Waals surface area contributed by atoms with Crippen molar-refractivity contribution >= 4 is 17.2 Å². The third kappa shape index (κ3) is 5.30. The number of carboxylic acid groups (broad SMARTS) is 1. The summed E-state index contributed by atoms with van der Waals surface area (Å²) in [6, 6.07) is 10.8. The first-order valence-corrected chi connectivity index (χ1v) is 14.5. The summed E-state index contributed by atoms with van der Waals surface area (Å²) in [5, 5.41) is 10.4. The topological polar surface area (TPSA) is 73.1 Å². The molecule has 2 aliphatic rings. The molecule has 0 fully saturated rings. The zero-order chi connectivity index (χ0) is 31.4. The van der Waals surface area contributed by atoms with Gasteiger partial charge in [-0.05, 0) is 98.7 Å². The maximum atomic E-state index is 16.8. The van der Waals surface area contributed by atoms with E-state index < -0.39 is 35.3 Å². The van der Waals surface area contributed by atoms with Gasteiger partial charge in [0.15, 0.2) is 12.3 Å². The van der Waals surface area contributed by atoms with E-state index in [9.17, 15) is 14.3 Å². The fourth-order valence-corrected chi connectivity index (χ4v) is 5.97. The molecule has 3 heterocycles. The number of pyridine rings is 1. The summed E-state index contributed by atoms with van der Waals surface area (Å²) in [7, 11) is 0. The number of allylic oxidation sites excluding steroid dienone is 4. The van der Waals surface area contributed by atoms with Gasteiger partial charge in [0.25, 0.3) is 0 Å². The minimum Gasteiger partial charge on any atom is -0.493 e. The average molecular weight is 603 g/mol. The van der Waals surface area contributed by atoms with E-state index in [4.69, 9.17) is 9.47 Å². The summed E-state index contributed by atoms with van der Waals surface area (Å²) in [6.07, 6.45) is 5.23. The van der Waals surface area contributed by atoms with Gasteiger partial charge in [0.05, 0.1) is 12.2 Å². The Morgan fingerprint density at radius 1 is 1.16 bits per heavy atom. The van der Waals surface area contributed by atoms with Crippen molar-refractivity contribution in [1.29, 1.82) is 0 Å². The summed E-state index contributed by atoms with van der Waals surface area (Å²) in [5.41, 5.74) is 0.0811. The number of hydrogen-bond donors (Lipinski definition) is 1. The Morgan fingerprint density at radius 2 is 1.89 bits per heavy atom. The number of ether oxygens (including phenoxy) is 2. The van der Waals surface area contributed by atoms with Crippen molar-refractivity contribution in [2.75, 3.05) is 6.61 Å². The molecule has 3 unspecified atom stereocenters. The maximum absolute atomic E-state index is 16.8. The monoisotopic (exact) mass is 602 g/mol. The fraction of sp³-hybridized carbons (Fsp3) is 0.314. The van der Waals surface area contributed by atoms with Gasteiger partial charge in [0, 0.05) is 23.5 Å². The van der Waals surface area contributed by atoms with Gasteiger partial charge in [0.1, 0.15) is 22.9 Å². The number of nitrogens with zero attached hydrogens (tertiary/aromatic N) is 2. The van der Waals surface area contributed by atoms with Crippen molar-refractivity contribution in [1.82, 2.24) is 9.38 Å². The predicted molar refractivity (Wildman–Crippen MR) is 162 cm³/mol. The Kier molecular flexibility index (Phi) is 7.40. The first kappa shape index (κ1) is 29.7. The van der Waals surface area contributed by atoms with E-state index in [-0.39, 0.29) is 16.9 Å². The lowest BCUT2D eigenvalue weighted by molar-refractivity contribution is -0.160. The summed E-state index contributed by atoms with van der Waals surface area (Å²) >= 11 is 0. The molecule has 2 aromatic carbocycles. The van der Waals surface area contributed by atoms with Gasteiger partial charge in [0.2, 0.25) is 5.67 Å². The van der Waals surface area contributed by atoms with Crippen LogP contribution in [0.15, 0.2) is 73.1 Å². The molecule has 1 aliphatic heterocycles. The number of alkyl halides is 2. The molecule has 0 bridgehead atoms. The molecule has 6 rings (SSSR count). The molecule has 228 valence electrons. The van der Waals surface area contributed by atoms with Gasteiger partial charge < -0.3 is 19.0 Å². The van der Waals surface area contributed by atoms with Gasteiger partial charge in [-0.2, -0.15) is 0 Å². The molecular weight excluding hydrogens is 569 g/mol. The van der Waals surface area contributed by atoms with E-state index in [1.807, 2.05) is 18.2 Å². The minimum absolute atomic E-state index is 0.0587. The van der Waals surface area contributed by atoms with Gasteiger partial charge >= 0.3 is 5.97 Å². The zero-order valence-electron chi connectivity index (χ0n) is 24.9. The minimum atomic E-state index is -2.65. The van der Waals surface area contributed by atoms with Crippen LogP contribution in [0.25, 0.3) is 22.3 Å². The van der Waals surface area contributed by atoms with Crippen LogP contribution in [0.5, 0.6) is 5.75 Å². The second-order valence-corrected chi connectivity index (χ2v) is 12.3. The van der Waals surface area contributed by atoms with E-state index in [2.05, 4.69) is 4.98 Å². The van der Waals surface area contributed by atoms with Gasteiger partial charge in [-0.25, -0.2) is 22.9 Å². The molecule has 0 saturated heterocycles. The number of carbonyl (C=O) groups is 1. The lowest BCUT2D eigenvalue weighted by Gasteiger charge is -2.28. The normalized spacial score (nSPS) is 20.6. The molecule has 0 amide bonds. The third-order valence-corrected chi connectivity index (χ3v) is 7.96. The van der Waals surface area contributed by atoms with Crippen LogP contribution in [0.3, 0.4) is 0 Å². The van der Waals surface area contributed by atoms with Crippen molar-refractivity contribution in [3.63, 3.8) is 0 Å². The highest BCUT2D eigenvalue weighted by atomic mass is 19.2. The van der Waals surface area contributed by atoms with Crippen LogP contribution >= 0.6 is 0 Å². The highest BCUT2D eigenvalue weighted by molar-refractivity contribution is 5.88. The highest BCUT2D eigenvalue weighted by Gasteiger charge is 2.46. The number of fused-ring (bicyclic) bond motifs is 2. The maximum Gasteiger partial charge on any atom is 0.337 e. The predicted octanol–water partition coefficient (Wildman–Crippen LogP) is 7.87. The van der Waals surface area contributed by atoms with Crippen LogP contribution in [-0.2, 0) is 21.6 Å². The van der Waals surface area contributed by atoms with Crippen molar-refractivity contribution in [3.05, 3.63) is 107 Å². The van der Waals surface area contributed by atoms with E-state index in [1.165, 1.54) is 42.6 Å². The largest absolute Gasteiger partial charge is 0.493 e. The van der Waals surface area contributed by atoms with Gasteiger partial charge in [-0.15, -0.1) is 0 Å². The molecule has 3 atom stereocenters. The quantitative estimate of drug-likeness (QED) is 0.243. The van der Waals surface area contributed by atoms with Crippen LogP contribution in [0.1, 0.15) is 61.2 Å². The Bertz CT molecular complexity index is 1820. The molecule has 1 N–H and O–H groups in total. The Morgan fingerprint density at radius 3 is 2.59 bits per heavy atom. The molecule has 2 aromatic heterocycles. The highest BCUT2D eigenvalue weighted by Crippen LogP contribution is 2.45. The number of rotatable bonds is 6. The van der Waals surface area contributed by atoms with E-state index in [0.29, 0.717) is 34.4 Å². The molecule has 1 aliphatic carbocycles. The van der Waals surface area contributed by atoms with Crippen molar-refractivity contribution < 1.29 is 32.5 Å². The van der Waals surface area contributed by atoms with E-state index in [0.717, 1.165) is 30.2 Å². The van der Waals surface area contributed by atoms with Gasteiger partial charge in [-0.3, -0.25) is 0 Å². The standard InChI is InChI=1S/C35H33F3N2O4/c1-20-18-40-19-27(35(38)15-5-8-25(31(35)37)21-9-12-24(36)13-10-21)39-32(40)29(28(20)30(33(41)42)44-34(2,3)4)23-11-14-26-22(17-23)7-6-16-43-26/h5,8-15,17-19,30-31H,6-7,16H2,1-4H3,(H,41,42). The number of aromatic nitrogens is 2. The molecule has 9 heteroatoms. The number of hydrogen-bond acceptors (Lipinski definition) is 4. The molecule has 4 aromatic rings. The Labute approximate surface area is 253 Å². The van der Waals surface area contributed by atoms with Crippen LogP contribution in [0.4, 0.5) is 13.2 Å². The molecule has 0 spiro atoms. The van der Waals surface area contributed by atoms with E-state index >= 15 is 8.78 Å². The number of aryl methyl sites for hydroxylation is 2. The first-order valence-electron chi connectivity index (χ1n) is 14.5. The number of carboxylic acids is 1. The van der Waals surface area contributed by atoms with Crippen molar-refractivity contribution in [2.45, 2.75) is 64.1 Å². The molecule has 0 radical (unpaired) electrons. The smallest absolute Gasteiger partial charge is 0.337 e. The van der Waals surface area contributed by atoms with Crippen LogP contribution in [-0.4, -0.2) is 38.8 Å². The average Bonchev–Trinajstić information content (AvgIpc) is 3.41. The summed E-state index contributed by atoms with van der Waals surface area (Å²) < 4.78 is 60.0. The molecule has 0 saturated carbocycles. The number of halogens is 3. The van der Waals surface area contributed by atoms with Gasteiger partial charge in [-0.1, -0.05) is 30.4 Å². The van der Waals surface area contributed by atoms with Crippen molar-refractivity contribution in [2.24, 2.45) is 0 Å². The SMILES string of the molecule is Cc1cn2cc(C3(F)C=CC=C(c4ccc(F)cc4)C3F)nc2c(-c2ccc3c(c2)CCCO3)c1C(OC(C)(C)C)C(=O)O. The lowest BCUT2D eigenvalue weighted by atomic mass is 9.84. The second kappa shape index (κ2) is 11.0. The summed E-state index contributed by atoms with van der Waals surface area (Å²) in [5.74, 6) is -0.910. The number of aliphatic carboxylic acids is 1. The van der Waals surface area contributed by atoms with Crippen LogP contribution in [0, 0.1) is 12.7 Å².